The molecule has 0 spiro atoms. The number of anilines is 2. The van der Waals surface area contributed by atoms with Crippen LogP contribution >= 0.6 is 0 Å². The van der Waals surface area contributed by atoms with Gasteiger partial charge in [0.2, 0.25) is 0 Å². The Bertz CT molecular complexity index is 767. The zero-order chi connectivity index (χ0) is 16.3. The number of hydrogen-bond acceptors (Lipinski definition) is 4. The molecule has 1 N–H and O–H groups in total. The van der Waals surface area contributed by atoms with E-state index in [1.165, 1.54) is 25.0 Å². The molecule has 1 fully saturated rings. The Morgan fingerprint density at radius 1 is 1.04 bits per heavy atom. The Hall–Kier alpha value is -2.21. The summed E-state index contributed by atoms with van der Waals surface area (Å²) < 4.78 is 32.6. The van der Waals surface area contributed by atoms with E-state index in [0.717, 1.165) is 18.8 Å². The first-order valence-corrected chi connectivity index (χ1v) is 9.09. The Balaban J connectivity index is 1.80. The van der Waals surface area contributed by atoms with Crippen LogP contribution < -0.4 is 14.4 Å². The van der Waals surface area contributed by atoms with E-state index in [1.54, 1.807) is 25.3 Å². The number of benzene rings is 2. The van der Waals surface area contributed by atoms with E-state index in [-0.39, 0.29) is 4.90 Å². The molecule has 0 saturated carbocycles. The van der Waals surface area contributed by atoms with E-state index in [0.29, 0.717) is 11.4 Å². The monoisotopic (exact) mass is 332 g/mol. The van der Waals surface area contributed by atoms with Gasteiger partial charge in [0.1, 0.15) is 5.75 Å². The van der Waals surface area contributed by atoms with E-state index >= 15 is 0 Å². The van der Waals surface area contributed by atoms with Crippen molar-refractivity contribution in [1.82, 2.24) is 0 Å². The van der Waals surface area contributed by atoms with Crippen LogP contribution in [0.15, 0.2) is 53.4 Å². The van der Waals surface area contributed by atoms with E-state index in [2.05, 4.69) is 9.62 Å². The van der Waals surface area contributed by atoms with Gasteiger partial charge in [-0.15, -0.1) is 0 Å². The third-order valence-corrected chi connectivity index (χ3v) is 5.34. The number of hydrogen-bond donors (Lipinski definition) is 1. The Morgan fingerprint density at radius 3 is 2.39 bits per heavy atom. The summed E-state index contributed by atoms with van der Waals surface area (Å²) in [6, 6.07) is 13.9. The number of nitrogens with zero attached hydrogens (tertiary/aromatic N) is 1. The lowest BCUT2D eigenvalue weighted by molar-refractivity contribution is 0.414. The second kappa shape index (κ2) is 6.50. The molecule has 1 aliphatic rings. The van der Waals surface area contributed by atoms with Gasteiger partial charge in [-0.05, 0) is 55.3 Å². The lowest BCUT2D eigenvalue weighted by Gasteiger charge is -2.18. The largest absolute Gasteiger partial charge is 0.497 e. The Kier molecular flexibility index (Phi) is 4.43. The summed E-state index contributed by atoms with van der Waals surface area (Å²) in [6.45, 7) is 2.05. The maximum Gasteiger partial charge on any atom is 0.261 e. The third-order valence-electron chi connectivity index (χ3n) is 3.94. The minimum atomic E-state index is -3.60. The van der Waals surface area contributed by atoms with Crippen molar-refractivity contribution in [2.24, 2.45) is 0 Å². The molecule has 6 heteroatoms. The summed E-state index contributed by atoms with van der Waals surface area (Å²) in [5, 5.41) is 0. The minimum absolute atomic E-state index is 0.213. The molecule has 0 amide bonds. The van der Waals surface area contributed by atoms with Crippen molar-refractivity contribution in [2.75, 3.05) is 29.8 Å². The van der Waals surface area contributed by atoms with Crippen LogP contribution in [0, 0.1) is 0 Å². The van der Waals surface area contributed by atoms with Crippen molar-refractivity contribution < 1.29 is 13.2 Å². The zero-order valence-electron chi connectivity index (χ0n) is 13.0. The topological polar surface area (TPSA) is 58.6 Å². The van der Waals surface area contributed by atoms with Gasteiger partial charge in [0, 0.05) is 18.8 Å². The maximum atomic E-state index is 12.5. The van der Waals surface area contributed by atoms with Gasteiger partial charge < -0.3 is 9.64 Å². The van der Waals surface area contributed by atoms with Crippen LogP contribution in [0.5, 0.6) is 5.75 Å². The molecule has 1 saturated heterocycles. The van der Waals surface area contributed by atoms with Crippen LogP contribution in [0.25, 0.3) is 0 Å². The Labute approximate surface area is 136 Å². The molecule has 0 bridgehead atoms. The highest BCUT2D eigenvalue weighted by Gasteiger charge is 2.16. The number of rotatable bonds is 5. The van der Waals surface area contributed by atoms with Gasteiger partial charge in [-0.2, -0.15) is 0 Å². The highest BCUT2D eigenvalue weighted by Crippen LogP contribution is 2.25. The molecule has 0 radical (unpaired) electrons. The molecule has 122 valence electrons. The molecule has 1 heterocycles. The van der Waals surface area contributed by atoms with Gasteiger partial charge in [-0.1, -0.05) is 6.07 Å². The van der Waals surface area contributed by atoms with Crippen molar-refractivity contribution >= 4 is 21.4 Å². The molecular weight excluding hydrogens is 312 g/mol. The highest BCUT2D eigenvalue weighted by atomic mass is 32.2. The molecule has 3 rings (SSSR count). The third kappa shape index (κ3) is 3.59. The van der Waals surface area contributed by atoms with Crippen LogP contribution in [0.1, 0.15) is 12.8 Å². The minimum Gasteiger partial charge on any atom is -0.497 e. The summed E-state index contributed by atoms with van der Waals surface area (Å²) in [5.74, 6) is 0.625. The number of methoxy groups -OCH3 is 1. The highest BCUT2D eigenvalue weighted by molar-refractivity contribution is 7.92. The van der Waals surface area contributed by atoms with Gasteiger partial charge in [0.05, 0.1) is 17.7 Å². The van der Waals surface area contributed by atoms with Gasteiger partial charge in [-0.25, -0.2) is 8.42 Å². The lowest BCUT2D eigenvalue weighted by Crippen LogP contribution is -2.18. The van der Waals surface area contributed by atoms with Crippen LogP contribution in [0.2, 0.25) is 0 Å². The first-order valence-electron chi connectivity index (χ1n) is 7.60. The summed E-state index contributed by atoms with van der Waals surface area (Å²) in [7, 11) is -2.06. The average molecular weight is 332 g/mol. The Morgan fingerprint density at radius 2 is 1.74 bits per heavy atom. The second-order valence-corrected chi connectivity index (χ2v) is 7.21. The quantitative estimate of drug-likeness (QED) is 0.914. The average Bonchev–Trinajstić information content (AvgIpc) is 3.09. The van der Waals surface area contributed by atoms with Crippen molar-refractivity contribution in [3.05, 3.63) is 48.5 Å². The standard InChI is InChI=1S/C17H20N2O3S/c1-22-16-7-9-17(10-8-16)23(20,21)18-14-5-4-6-15(13-14)19-11-2-3-12-19/h4-10,13,18H,2-3,11-12H2,1H3. The number of nitrogens with one attached hydrogen (secondary N) is 1. The molecule has 2 aromatic carbocycles. The van der Waals surface area contributed by atoms with Gasteiger partial charge in [0.15, 0.2) is 0 Å². The first-order chi connectivity index (χ1) is 11.1. The molecule has 1 aliphatic heterocycles. The molecule has 23 heavy (non-hydrogen) atoms. The van der Waals surface area contributed by atoms with E-state index in [9.17, 15) is 8.42 Å². The summed E-state index contributed by atoms with van der Waals surface area (Å²) in [4.78, 5) is 2.48. The molecule has 2 aromatic rings. The second-order valence-electron chi connectivity index (χ2n) is 5.53. The van der Waals surface area contributed by atoms with Crippen molar-refractivity contribution in [3.63, 3.8) is 0 Å². The smallest absolute Gasteiger partial charge is 0.261 e. The van der Waals surface area contributed by atoms with Gasteiger partial charge >= 0.3 is 0 Å². The van der Waals surface area contributed by atoms with Crippen molar-refractivity contribution in [3.8, 4) is 5.75 Å². The number of sulfonamides is 1. The van der Waals surface area contributed by atoms with E-state index in [4.69, 9.17) is 4.74 Å². The van der Waals surface area contributed by atoms with E-state index in [1.807, 2.05) is 18.2 Å². The molecular formula is C17H20N2O3S. The fraction of sp³-hybridized carbons (Fsp3) is 0.294. The van der Waals surface area contributed by atoms with Crippen LogP contribution in [0.3, 0.4) is 0 Å². The van der Waals surface area contributed by atoms with Gasteiger partial charge in [-0.3, -0.25) is 4.72 Å². The predicted octanol–water partition coefficient (Wildman–Crippen LogP) is 3.10. The maximum absolute atomic E-state index is 12.5. The molecule has 0 aromatic heterocycles. The summed E-state index contributed by atoms with van der Waals surface area (Å²) in [5.41, 5.74) is 1.63. The fourth-order valence-electron chi connectivity index (χ4n) is 2.71. The van der Waals surface area contributed by atoms with Crippen LogP contribution in [-0.4, -0.2) is 28.6 Å². The van der Waals surface area contributed by atoms with Gasteiger partial charge in [0.25, 0.3) is 10.0 Å². The fourth-order valence-corrected chi connectivity index (χ4v) is 3.76. The molecule has 0 atom stereocenters. The summed E-state index contributed by atoms with van der Waals surface area (Å²) in [6.07, 6.45) is 2.36. The molecule has 0 aliphatic carbocycles. The zero-order valence-corrected chi connectivity index (χ0v) is 13.8. The predicted molar refractivity (Wildman–Crippen MR) is 91.7 cm³/mol. The summed E-state index contributed by atoms with van der Waals surface area (Å²) >= 11 is 0. The van der Waals surface area contributed by atoms with Crippen LogP contribution in [-0.2, 0) is 10.0 Å². The number of ether oxygens (including phenoxy) is 1. The molecule has 5 nitrogen and oxygen atoms in total. The first kappa shape index (κ1) is 15.7. The van der Waals surface area contributed by atoms with Crippen molar-refractivity contribution in [1.29, 1.82) is 0 Å². The van der Waals surface area contributed by atoms with Crippen LogP contribution in [0.4, 0.5) is 11.4 Å². The SMILES string of the molecule is COc1ccc(S(=O)(=O)Nc2cccc(N3CCCC3)c2)cc1. The lowest BCUT2D eigenvalue weighted by atomic mass is 10.2. The van der Waals surface area contributed by atoms with E-state index < -0.39 is 10.0 Å². The molecule has 0 unspecified atom stereocenters. The normalized spacial score (nSPS) is 14.7. The van der Waals surface area contributed by atoms with Crippen molar-refractivity contribution in [2.45, 2.75) is 17.7 Å².